The smallest absolute Gasteiger partial charge is 0.259 e. The van der Waals surface area contributed by atoms with Crippen LogP contribution in [0.3, 0.4) is 0 Å². The molecule has 1 N–H and O–H groups in total. The van der Waals surface area contributed by atoms with Gasteiger partial charge in [-0.2, -0.15) is 0 Å². The summed E-state index contributed by atoms with van der Waals surface area (Å²) in [5, 5.41) is 9.55. The summed E-state index contributed by atoms with van der Waals surface area (Å²) in [4.78, 5) is 28.0. The van der Waals surface area contributed by atoms with E-state index in [1.165, 1.54) is 4.90 Å². The average molecular weight is 398 g/mol. The van der Waals surface area contributed by atoms with Gasteiger partial charge in [-0.15, -0.1) is 0 Å². The maximum absolute atomic E-state index is 13.0. The van der Waals surface area contributed by atoms with Crippen LogP contribution in [0.2, 0.25) is 0 Å². The first-order chi connectivity index (χ1) is 13.9. The van der Waals surface area contributed by atoms with Crippen molar-refractivity contribution in [1.29, 1.82) is 0 Å². The van der Waals surface area contributed by atoms with Gasteiger partial charge in [0.05, 0.1) is 5.56 Å². The number of ether oxygens (including phenoxy) is 2. The number of para-hydroxylation sites is 1. The van der Waals surface area contributed by atoms with Crippen molar-refractivity contribution in [3.8, 4) is 17.2 Å². The number of rotatable bonds is 6. The van der Waals surface area contributed by atoms with Crippen molar-refractivity contribution in [3.63, 3.8) is 0 Å². The highest BCUT2D eigenvalue weighted by atomic mass is 16.5. The number of carbonyl (C=O) groups is 2. The molecule has 0 bridgehead atoms. The molecule has 0 saturated carbocycles. The predicted molar refractivity (Wildman–Crippen MR) is 108 cm³/mol. The number of phenolic OH excluding ortho intramolecular Hbond substituents is 1. The summed E-state index contributed by atoms with van der Waals surface area (Å²) in [6.45, 7) is 1.01. The molecule has 7 heteroatoms. The molecule has 7 nitrogen and oxygen atoms in total. The molecule has 0 radical (unpaired) electrons. The van der Waals surface area contributed by atoms with Crippen molar-refractivity contribution >= 4 is 11.8 Å². The summed E-state index contributed by atoms with van der Waals surface area (Å²) in [6, 6.07) is 13.7. The van der Waals surface area contributed by atoms with E-state index in [0.29, 0.717) is 43.0 Å². The molecule has 0 aromatic heterocycles. The fraction of sp³-hybridized carbons (Fsp3) is 0.364. The lowest BCUT2D eigenvalue weighted by Gasteiger charge is -2.32. The van der Waals surface area contributed by atoms with Crippen molar-refractivity contribution in [2.24, 2.45) is 0 Å². The largest absolute Gasteiger partial charge is 0.508 e. The molecule has 0 unspecified atom stereocenters. The maximum Gasteiger partial charge on any atom is 0.259 e. The summed E-state index contributed by atoms with van der Waals surface area (Å²) in [6.07, 6.45) is 1.39. The lowest BCUT2D eigenvalue weighted by atomic mass is 10.1. The molecule has 1 aliphatic rings. The first kappa shape index (κ1) is 20.5. The number of hydrogen-bond donors (Lipinski definition) is 1. The number of phenols is 1. The minimum Gasteiger partial charge on any atom is -0.508 e. The Bertz CT molecular complexity index is 860. The van der Waals surface area contributed by atoms with Gasteiger partial charge in [0, 0.05) is 46.1 Å². The lowest BCUT2D eigenvalue weighted by molar-refractivity contribution is -0.130. The fourth-order valence-corrected chi connectivity index (χ4v) is 3.13. The van der Waals surface area contributed by atoms with E-state index in [2.05, 4.69) is 0 Å². The van der Waals surface area contributed by atoms with Gasteiger partial charge in [-0.05, 0) is 24.3 Å². The van der Waals surface area contributed by atoms with Crippen molar-refractivity contribution in [2.45, 2.75) is 18.9 Å². The van der Waals surface area contributed by atoms with Crippen LogP contribution < -0.4 is 9.47 Å². The minimum atomic E-state index is -0.169. The number of hydrogen-bond acceptors (Lipinski definition) is 5. The summed E-state index contributed by atoms with van der Waals surface area (Å²) in [5.41, 5.74) is 0.450. The number of likely N-dealkylation sites (tertiary alicyclic amines) is 1. The Balaban J connectivity index is 1.58. The predicted octanol–water partition coefficient (Wildman–Crippen LogP) is 2.54. The number of benzene rings is 2. The summed E-state index contributed by atoms with van der Waals surface area (Å²) < 4.78 is 11.5. The van der Waals surface area contributed by atoms with Crippen LogP contribution in [0.15, 0.2) is 48.5 Å². The Morgan fingerprint density at radius 2 is 1.83 bits per heavy atom. The summed E-state index contributed by atoms with van der Waals surface area (Å²) in [7, 11) is 3.32. The van der Waals surface area contributed by atoms with Crippen LogP contribution in [0, 0.1) is 0 Å². The molecule has 3 rings (SSSR count). The van der Waals surface area contributed by atoms with Gasteiger partial charge < -0.3 is 24.4 Å². The molecule has 0 spiro atoms. The fourth-order valence-electron chi connectivity index (χ4n) is 3.13. The monoisotopic (exact) mass is 398 g/mol. The zero-order chi connectivity index (χ0) is 20.8. The van der Waals surface area contributed by atoms with Gasteiger partial charge in [0.15, 0.2) is 6.61 Å². The van der Waals surface area contributed by atoms with E-state index >= 15 is 0 Å². The van der Waals surface area contributed by atoms with E-state index in [0.717, 1.165) is 0 Å². The molecule has 1 fully saturated rings. The number of carbonyl (C=O) groups excluding carboxylic acids is 2. The molecule has 154 valence electrons. The molecule has 2 aromatic carbocycles. The van der Waals surface area contributed by atoms with Crippen LogP contribution in [0.5, 0.6) is 17.2 Å². The van der Waals surface area contributed by atoms with Crippen LogP contribution in [0.1, 0.15) is 23.2 Å². The number of nitrogens with zero attached hydrogens (tertiary/aromatic N) is 2. The Kier molecular flexibility index (Phi) is 6.59. The van der Waals surface area contributed by atoms with Crippen molar-refractivity contribution < 1.29 is 24.2 Å². The third-order valence-electron chi connectivity index (χ3n) is 4.82. The number of likely N-dealkylation sites (N-methyl/N-ethyl adjacent to an activating group) is 1. The van der Waals surface area contributed by atoms with Gasteiger partial charge in [0.1, 0.15) is 23.4 Å². The van der Waals surface area contributed by atoms with Crippen LogP contribution in [-0.2, 0) is 4.79 Å². The molecule has 1 aliphatic heterocycles. The molecule has 1 saturated heterocycles. The van der Waals surface area contributed by atoms with Crippen molar-refractivity contribution in [3.05, 3.63) is 54.1 Å². The molecule has 0 atom stereocenters. The highest BCUT2D eigenvalue weighted by Crippen LogP contribution is 2.25. The summed E-state index contributed by atoms with van der Waals surface area (Å²) >= 11 is 0. The second kappa shape index (κ2) is 9.32. The second-order valence-electron chi connectivity index (χ2n) is 7.18. The van der Waals surface area contributed by atoms with E-state index in [4.69, 9.17) is 9.47 Å². The molecule has 0 aliphatic carbocycles. The third-order valence-corrected chi connectivity index (χ3v) is 4.82. The maximum atomic E-state index is 13.0. The topological polar surface area (TPSA) is 79.3 Å². The van der Waals surface area contributed by atoms with Crippen LogP contribution >= 0.6 is 0 Å². The first-order valence-corrected chi connectivity index (χ1v) is 9.61. The molecule has 29 heavy (non-hydrogen) atoms. The number of amides is 2. The third kappa shape index (κ3) is 5.40. The Labute approximate surface area is 170 Å². The van der Waals surface area contributed by atoms with Gasteiger partial charge in [0.25, 0.3) is 11.8 Å². The van der Waals surface area contributed by atoms with E-state index in [1.807, 2.05) is 0 Å². The summed E-state index contributed by atoms with van der Waals surface area (Å²) in [5.74, 6) is 0.912. The van der Waals surface area contributed by atoms with E-state index in [9.17, 15) is 14.7 Å². The second-order valence-corrected chi connectivity index (χ2v) is 7.18. The Hall–Kier alpha value is -3.22. The quantitative estimate of drug-likeness (QED) is 0.809. The number of piperidine rings is 1. The Morgan fingerprint density at radius 1 is 1.10 bits per heavy atom. The zero-order valence-corrected chi connectivity index (χ0v) is 16.7. The van der Waals surface area contributed by atoms with Crippen LogP contribution in [0.4, 0.5) is 0 Å². The van der Waals surface area contributed by atoms with Gasteiger partial charge in [-0.1, -0.05) is 18.2 Å². The van der Waals surface area contributed by atoms with E-state index < -0.39 is 0 Å². The Morgan fingerprint density at radius 3 is 2.52 bits per heavy atom. The van der Waals surface area contributed by atoms with Crippen LogP contribution in [0.25, 0.3) is 0 Å². The normalized spacial score (nSPS) is 14.3. The highest BCUT2D eigenvalue weighted by molar-refractivity contribution is 5.97. The van der Waals surface area contributed by atoms with Gasteiger partial charge in [0.2, 0.25) is 0 Å². The first-order valence-electron chi connectivity index (χ1n) is 9.61. The van der Waals surface area contributed by atoms with Gasteiger partial charge in [-0.3, -0.25) is 9.59 Å². The van der Waals surface area contributed by atoms with Crippen molar-refractivity contribution in [1.82, 2.24) is 9.80 Å². The van der Waals surface area contributed by atoms with Crippen LogP contribution in [-0.4, -0.2) is 66.6 Å². The minimum absolute atomic E-state index is 0.00921. The van der Waals surface area contributed by atoms with Gasteiger partial charge in [-0.25, -0.2) is 0 Å². The molecule has 2 aromatic rings. The zero-order valence-electron chi connectivity index (χ0n) is 16.7. The lowest BCUT2D eigenvalue weighted by Crippen LogP contribution is -2.42. The van der Waals surface area contributed by atoms with Gasteiger partial charge >= 0.3 is 0 Å². The van der Waals surface area contributed by atoms with E-state index in [-0.39, 0.29) is 30.3 Å². The van der Waals surface area contributed by atoms with E-state index in [1.54, 1.807) is 67.5 Å². The SMILES string of the molecule is CN(C)C(=O)COc1ccccc1C(=O)N1CCC(Oc2cccc(O)c2)CC1. The molecular formula is C22H26N2O5. The molecule has 1 heterocycles. The average Bonchev–Trinajstić information content (AvgIpc) is 2.72. The van der Waals surface area contributed by atoms with Crippen molar-refractivity contribution in [2.75, 3.05) is 33.8 Å². The highest BCUT2D eigenvalue weighted by Gasteiger charge is 2.26. The molecule has 2 amide bonds. The molecular weight excluding hydrogens is 372 g/mol. The standard InChI is InChI=1S/C22H26N2O5/c1-23(2)21(26)15-28-20-9-4-3-8-19(20)22(27)24-12-10-17(11-13-24)29-18-7-5-6-16(25)14-18/h3-9,14,17,25H,10-13,15H2,1-2H3. The number of aromatic hydroxyl groups is 1.